The second-order valence-corrected chi connectivity index (χ2v) is 6.06. The average Bonchev–Trinajstić information content (AvgIpc) is 3.06. The summed E-state index contributed by atoms with van der Waals surface area (Å²) in [6.07, 6.45) is 4.96. The van der Waals surface area contributed by atoms with E-state index in [-0.39, 0.29) is 5.70 Å². The molecular formula is C23H21NO4. The summed E-state index contributed by atoms with van der Waals surface area (Å²) >= 11 is 0. The van der Waals surface area contributed by atoms with Crippen LogP contribution in [0.25, 0.3) is 6.08 Å². The summed E-state index contributed by atoms with van der Waals surface area (Å²) < 4.78 is 16.6. The van der Waals surface area contributed by atoms with Crippen LogP contribution >= 0.6 is 0 Å². The van der Waals surface area contributed by atoms with Gasteiger partial charge in [0.1, 0.15) is 13.2 Å². The molecule has 2 aromatic carbocycles. The van der Waals surface area contributed by atoms with Gasteiger partial charge in [-0.2, -0.15) is 0 Å². The van der Waals surface area contributed by atoms with Crippen molar-refractivity contribution < 1.29 is 19.0 Å². The molecule has 1 aliphatic heterocycles. The van der Waals surface area contributed by atoms with Gasteiger partial charge >= 0.3 is 5.97 Å². The fraction of sp³-hybridized carbons (Fsp3) is 0.130. The molecule has 0 saturated carbocycles. The Labute approximate surface area is 164 Å². The van der Waals surface area contributed by atoms with Crippen LogP contribution in [0.5, 0.6) is 11.5 Å². The lowest BCUT2D eigenvalue weighted by Crippen LogP contribution is -2.06. The van der Waals surface area contributed by atoms with Crippen molar-refractivity contribution in [3.8, 4) is 11.5 Å². The van der Waals surface area contributed by atoms with Crippen molar-refractivity contribution in [3.05, 3.63) is 90.2 Å². The molecule has 0 N–H and O–H groups in total. The van der Waals surface area contributed by atoms with Crippen LogP contribution in [0, 0.1) is 6.92 Å². The molecule has 1 heterocycles. The van der Waals surface area contributed by atoms with Gasteiger partial charge in [-0.3, -0.25) is 0 Å². The monoisotopic (exact) mass is 375 g/mol. The Bertz CT molecular complexity index is 972. The van der Waals surface area contributed by atoms with Gasteiger partial charge in [-0.05, 0) is 42.3 Å². The van der Waals surface area contributed by atoms with Crippen LogP contribution in [0.2, 0.25) is 0 Å². The van der Waals surface area contributed by atoms with Crippen LogP contribution < -0.4 is 9.47 Å². The molecule has 142 valence electrons. The highest BCUT2D eigenvalue weighted by atomic mass is 16.6. The molecule has 28 heavy (non-hydrogen) atoms. The minimum absolute atomic E-state index is 0.229. The molecule has 0 fully saturated rings. The maximum atomic E-state index is 12.3. The SMILES string of the molecule is C=CCOc1ccc(/C=C2\N=C(c3ccccc3C)OC2=O)cc1OCC=C. The number of nitrogens with zero attached hydrogens (tertiary/aromatic N) is 1. The highest BCUT2D eigenvalue weighted by molar-refractivity contribution is 6.13. The molecule has 0 amide bonds. The predicted octanol–water partition coefficient (Wildman–Crippen LogP) is 4.47. The zero-order valence-corrected chi connectivity index (χ0v) is 15.7. The number of aryl methyl sites for hydroxylation is 1. The molecule has 0 atom stereocenters. The highest BCUT2D eigenvalue weighted by Gasteiger charge is 2.25. The van der Waals surface area contributed by atoms with Crippen molar-refractivity contribution in [2.75, 3.05) is 13.2 Å². The normalized spacial score (nSPS) is 14.4. The standard InChI is InChI=1S/C23H21NO4/c1-4-12-26-20-11-10-17(15-21(20)27-13-5-2)14-19-23(25)28-22(24-19)18-9-7-6-8-16(18)3/h4-11,14-15H,1-2,12-13H2,3H3/b19-14-. The molecule has 5 heteroatoms. The average molecular weight is 375 g/mol. The second-order valence-electron chi connectivity index (χ2n) is 6.06. The summed E-state index contributed by atoms with van der Waals surface area (Å²) in [6.45, 7) is 9.94. The van der Waals surface area contributed by atoms with E-state index in [1.165, 1.54) is 0 Å². The first-order valence-electron chi connectivity index (χ1n) is 8.82. The van der Waals surface area contributed by atoms with E-state index in [0.29, 0.717) is 30.6 Å². The summed E-state index contributed by atoms with van der Waals surface area (Å²) in [5.41, 5.74) is 2.75. The third kappa shape index (κ3) is 4.38. The van der Waals surface area contributed by atoms with Gasteiger partial charge in [0.25, 0.3) is 0 Å². The van der Waals surface area contributed by atoms with Gasteiger partial charge in [0.05, 0.1) is 0 Å². The molecule has 1 aliphatic rings. The molecule has 0 unspecified atom stereocenters. The Morgan fingerprint density at radius 3 is 2.46 bits per heavy atom. The molecule has 0 aromatic heterocycles. The maximum absolute atomic E-state index is 12.3. The third-order valence-electron chi connectivity index (χ3n) is 3.98. The van der Waals surface area contributed by atoms with E-state index in [2.05, 4.69) is 18.2 Å². The van der Waals surface area contributed by atoms with Gasteiger partial charge in [-0.25, -0.2) is 9.79 Å². The fourth-order valence-electron chi connectivity index (χ4n) is 2.64. The Balaban J connectivity index is 1.91. The summed E-state index contributed by atoms with van der Waals surface area (Å²) in [5.74, 6) is 0.954. The largest absolute Gasteiger partial charge is 0.486 e. The van der Waals surface area contributed by atoms with Crippen LogP contribution in [0.4, 0.5) is 0 Å². The lowest BCUT2D eigenvalue weighted by Gasteiger charge is -2.11. The number of carbonyl (C=O) groups excluding carboxylic acids is 1. The third-order valence-corrected chi connectivity index (χ3v) is 3.98. The smallest absolute Gasteiger partial charge is 0.363 e. The molecule has 0 saturated heterocycles. The van der Waals surface area contributed by atoms with E-state index in [4.69, 9.17) is 14.2 Å². The van der Waals surface area contributed by atoms with Crippen LogP contribution in [-0.2, 0) is 9.53 Å². The minimum Gasteiger partial charge on any atom is -0.486 e. The van der Waals surface area contributed by atoms with E-state index < -0.39 is 5.97 Å². The first kappa shape index (κ1) is 19.2. The van der Waals surface area contributed by atoms with Crippen molar-refractivity contribution in [2.24, 2.45) is 4.99 Å². The van der Waals surface area contributed by atoms with Crippen molar-refractivity contribution in [3.63, 3.8) is 0 Å². The van der Waals surface area contributed by atoms with Gasteiger partial charge in [0.2, 0.25) is 5.90 Å². The fourth-order valence-corrected chi connectivity index (χ4v) is 2.64. The lowest BCUT2D eigenvalue weighted by atomic mass is 10.1. The van der Waals surface area contributed by atoms with Crippen LogP contribution in [0.15, 0.2) is 78.5 Å². The summed E-state index contributed by atoms with van der Waals surface area (Å²) in [4.78, 5) is 16.6. The number of benzene rings is 2. The first-order valence-corrected chi connectivity index (χ1v) is 8.82. The maximum Gasteiger partial charge on any atom is 0.363 e. The van der Waals surface area contributed by atoms with E-state index >= 15 is 0 Å². The van der Waals surface area contributed by atoms with Gasteiger partial charge in [-0.15, -0.1) is 0 Å². The van der Waals surface area contributed by atoms with Crippen LogP contribution in [0.3, 0.4) is 0 Å². The predicted molar refractivity (Wildman–Crippen MR) is 110 cm³/mol. The van der Waals surface area contributed by atoms with Gasteiger partial charge in [-0.1, -0.05) is 49.6 Å². The lowest BCUT2D eigenvalue weighted by molar-refractivity contribution is -0.129. The quantitative estimate of drug-likeness (QED) is 0.388. The van der Waals surface area contributed by atoms with Gasteiger partial charge in [0, 0.05) is 5.56 Å². The number of aliphatic imine (C=N–C) groups is 1. The van der Waals surface area contributed by atoms with Gasteiger partial charge < -0.3 is 14.2 Å². The van der Waals surface area contributed by atoms with Crippen molar-refractivity contribution in [1.82, 2.24) is 0 Å². The Kier molecular flexibility index (Phi) is 6.07. The number of rotatable bonds is 8. The van der Waals surface area contributed by atoms with Gasteiger partial charge in [0.15, 0.2) is 17.2 Å². The molecule has 5 nitrogen and oxygen atoms in total. The molecule has 0 radical (unpaired) electrons. The zero-order valence-electron chi connectivity index (χ0n) is 15.7. The van der Waals surface area contributed by atoms with E-state index in [1.807, 2.05) is 37.3 Å². The number of ether oxygens (including phenoxy) is 3. The molecule has 0 aliphatic carbocycles. The van der Waals surface area contributed by atoms with Crippen molar-refractivity contribution in [1.29, 1.82) is 0 Å². The van der Waals surface area contributed by atoms with Crippen LogP contribution in [-0.4, -0.2) is 25.1 Å². The topological polar surface area (TPSA) is 57.1 Å². The molecule has 0 bridgehead atoms. The number of cyclic esters (lactones) is 1. The van der Waals surface area contributed by atoms with E-state index in [0.717, 1.165) is 16.7 Å². The second kappa shape index (κ2) is 8.86. The molecule has 0 spiro atoms. The summed E-state index contributed by atoms with van der Waals surface area (Å²) in [7, 11) is 0. The van der Waals surface area contributed by atoms with Crippen molar-refractivity contribution >= 4 is 17.9 Å². The minimum atomic E-state index is -0.487. The summed E-state index contributed by atoms with van der Waals surface area (Å²) in [5, 5.41) is 0. The first-order chi connectivity index (χ1) is 13.6. The van der Waals surface area contributed by atoms with Crippen LogP contribution in [0.1, 0.15) is 16.7 Å². The number of hydrogen-bond donors (Lipinski definition) is 0. The Morgan fingerprint density at radius 2 is 1.75 bits per heavy atom. The molecule has 3 rings (SSSR count). The zero-order chi connectivity index (χ0) is 19.9. The summed E-state index contributed by atoms with van der Waals surface area (Å²) in [6, 6.07) is 13.0. The number of hydrogen-bond acceptors (Lipinski definition) is 5. The van der Waals surface area contributed by atoms with Crippen molar-refractivity contribution in [2.45, 2.75) is 6.92 Å². The number of carbonyl (C=O) groups is 1. The molecule has 2 aromatic rings. The Hall–Kier alpha value is -3.60. The Morgan fingerprint density at radius 1 is 1.04 bits per heavy atom. The molecular weight excluding hydrogens is 354 g/mol. The van der Waals surface area contributed by atoms with E-state index in [1.54, 1.807) is 30.4 Å². The highest BCUT2D eigenvalue weighted by Crippen LogP contribution is 2.30. The number of esters is 1. The van der Waals surface area contributed by atoms with E-state index in [9.17, 15) is 4.79 Å².